The predicted molar refractivity (Wildman–Crippen MR) is 103 cm³/mol. The largest absolute Gasteiger partial charge is 0.493 e. The normalized spacial score (nSPS) is 12.4. The first-order valence-electron chi connectivity index (χ1n) is 8.61. The summed E-state index contributed by atoms with van der Waals surface area (Å²) in [5, 5.41) is 6.47. The fourth-order valence-corrected chi connectivity index (χ4v) is 2.41. The fourth-order valence-electron chi connectivity index (χ4n) is 2.41. The molecule has 2 rings (SSSR count). The lowest BCUT2D eigenvalue weighted by Gasteiger charge is -2.19. The Labute approximate surface area is 154 Å². The second-order valence-electron chi connectivity index (χ2n) is 5.84. The maximum Gasteiger partial charge on any atom is 0.191 e. The number of hydrogen-bond acceptors (Lipinski definition) is 3. The number of hydrogen-bond donors (Lipinski definition) is 2. The first-order valence-corrected chi connectivity index (χ1v) is 8.61. The second-order valence-corrected chi connectivity index (χ2v) is 5.84. The fraction of sp³-hybridized carbons (Fsp3) is 0.350. The van der Waals surface area contributed by atoms with Crippen molar-refractivity contribution in [1.82, 2.24) is 10.6 Å². The summed E-state index contributed by atoms with van der Waals surface area (Å²) < 4.78 is 24.1. The van der Waals surface area contributed by atoms with E-state index in [1.165, 1.54) is 12.1 Å². The van der Waals surface area contributed by atoms with Crippen molar-refractivity contribution >= 4 is 5.96 Å². The molecule has 5 nitrogen and oxygen atoms in total. The van der Waals surface area contributed by atoms with Gasteiger partial charge in [-0.25, -0.2) is 4.39 Å². The number of nitrogens with zero attached hydrogens (tertiary/aromatic N) is 1. The Hall–Kier alpha value is -2.76. The summed E-state index contributed by atoms with van der Waals surface area (Å²) in [6.45, 7) is 3.27. The minimum atomic E-state index is -0.219. The van der Waals surface area contributed by atoms with Crippen molar-refractivity contribution in [3.8, 4) is 11.5 Å². The Bertz CT molecular complexity index is 704. The number of nitrogens with one attached hydrogen (secondary N) is 2. The third-order valence-corrected chi connectivity index (χ3v) is 3.80. The average Bonchev–Trinajstić information content (AvgIpc) is 2.66. The summed E-state index contributed by atoms with van der Waals surface area (Å²) in [5.41, 5.74) is 1.07. The zero-order chi connectivity index (χ0) is 18.8. The highest BCUT2D eigenvalue weighted by Gasteiger charge is 2.09. The lowest BCUT2D eigenvalue weighted by atomic mass is 10.1. The Morgan fingerprint density at radius 1 is 1.08 bits per heavy atom. The lowest BCUT2D eigenvalue weighted by Crippen LogP contribution is -2.42. The van der Waals surface area contributed by atoms with Crippen LogP contribution >= 0.6 is 0 Å². The van der Waals surface area contributed by atoms with Crippen LogP contribution in [0.3, 0.4) is 0 Å². The standard InChI is InChI=1S/C20H26FN3O2/c1-15(26-19-7-5-4-6-18(19)25-3)14-24-20(22-2)23-13-12-16-8-10-17(21)11-9-16/h4-11,15H,12-14H2,1-3H3,(H2,22,23,24). The molecule has 0 saturated carbocycles. The monoisotopic (exact) mass is 359 g/mol. The van der Waals surface area contributed by atoms with Crippen LogP contribution < -0.4 is 20.1 Å². The second kappa shape index (κ2) is 10.3. The van der Waals surface area contributed by atoms with Gasteiger partial charge in [-0.05, 0) is 43.2 Å². The maximum atomic E-state index is 12.9. The van der Waals surface area contributed by atoms with E-state index in [1.54, 1.807) is 26.3 Å². The molecule has 0 amide bonds. The van der Waals surface area contributed by atoms with Crippen LogP contribution in [0.2, 0.25) is 0 Å². The van der Waals surface area contributed by atoms with Crippen LogP contribution in [0.4, 0.5) is 4.39 Å². The van der Waals surface area contributed by atoms with Crippen LogP contribution in [0.5, 0.6) is 11.5 Å². The molecule has 0 spiro atoms. The molecule has 0 aliphatic carbocycles. The van der Waals surface area contributed by atoms with Gasteiger partial charge < -0.3 is 20.1 Å². The molecular formula is C20H26FN3O2. The van der Waals surface area contributed by atoms with Gasteiger partial charge in [0, 0.05) is 13.6 Å². The highest BCUT2D eigenvalue weighted by molar-refractivity contribution is 5.79. The SMILES string of the molecule is CN=C(NCCc1ccc(F)cc1)NCC(C)Oc1ccccc1OC. The number of aliphatic imine (C=N–C) groups is 1. The van der Waals surface area contributed by atoms with Crippen molar-refractivity contribution in [1.29, 1.82) is 0 Å². The molecule has 1 unspecified atom stereocenters. The molecule has 2 aromatic carbocycles. The van der Waals surface area contributed by atoms with Crippen LogP contribution in [0.25, 0.3) is 0 Å². The van der Waals surface area contributed by atoms with Crippen molar-refractivity contribution in [2.75, 3.05) is 27.2 Å². The molecule has 0 heterocycles. The summed E-state index contributed by atoms with van der Waals surface area (Å²) in [7, 11) is 3.34. The van der Waals surface area contributed by atoms with Gasteiger partial charge in [0.15, 0.2) is 17.5 Å². The number of benzene rings is 2. The smallest absolute Gasteiger partial charge is 0.191 e. The minimum Gasteiger partial charge on any atom is -0.493 e. The van der Waals surface area contributed by atoms with E-state index in [9.17, 15) is 4.39 Å². The van der Waals surface area contributed by atoms with E-state index in [0.29, 0.717) is 30.5 Å². The van der Waals surface area contributed by atoms with Gasteiger partial charge >= 0.3 is 0 Å². The van der Waals surface area contributed by atoms with E-state index in [1.807, 2.05) is 31.2 Å². The Balaban J connectivity index is 1.74. The van der Waals surface area contributed by atoms with Crippen molar-refractivity contribution in [2.24, 2.45) is 4.99 Å². The highest BCUT2D eigenvalue weighted by Crippen LogP contribution is 2.26. The van der Waals surface area contributed by atoms with E-state index in [0.717, 1.165) is 12.0 Å². The number of para-hydroxylation sites is 2. The van der Waals surface area contributed by atoms with Crippen molar-refractivity contribution in [3.05, 3.63) is 59.9 Å². The Morgan fingerprint density at radius 3 is 2.42 bits per heavy atom. The number of halogens is 1. The molecule has 0 aromatic heterocycles. The third-order valence-electron chi connectivity index (χ3n) is 3.80. The number of rotatable bonds is 8. The van der Waals surface area contributed by atoms with E-state index < -0.39 is 0 Å². The van der Waals surface area contributed by atoms with Crippen molar-refractivity contribution in [3.63, 3.8) is 0 Å². The highest BCUT2D eigenvalue weighted by atomic mass is 19.1. The molecule has 2 N–H and O–H groups in total. The summed E-state index contributed by atoms with van der Waals surface area (Å²) in [4.78, 5) is 4.20. The van der Waals surface area contributed by atoms with Gasteiger partial charge in [0.25, 0.3) is 0 Å². The topological polar surface area (TPSA) is 54.9 Å². The molecule has 6 heteroatoms. The van der Waals surface area contributed by atoms with Gasteiger partial charge in [0.2, 0.25) is 0 Å². The quantitative estimate of drug-likeness (QED) is 0.562. The number of methoxy groups -OCH3 is 1. The first-order chi connectivity index (χ1) is 12.6. The number of ether oxygens (including phenoxy) is 2. The van der Waals surface area contributed by atoms with Crippen LogP contribution in [-0.2, 0) is 6.42 Å². The first kappa shape index (κ1) is 19.6. The molecular weight excluding hydrogens is 333 g/mol. The van der Waals surface area contributed by atoms with Crippen LogP contribution in [0, 0.1) is 5.82 Å². The molecule has 0 aliphatic heterocycles. The molecule has 0 aliphatic rings. The summed E-state index contributed by atoms with van der Waals surface area (Å²) in [6, 6.07) is 14.1. The van der Waals surface area contributed by atoms with E-state index in [-0.39, 0.29) is 11.9 Å². The van der Waals surface area contributed by atoms with Gasteiger partial charge in [0.1, 0.15) is 11.9 Å². The minimum absolute atomic E-state index is 0.0676. The molecule has 2 aromatic rings. The van der Waals surface area contributed by atoms with E-state index >= 15 is 0 Å². The molecule has 0 saturated heterocycles. The molecule has 1 atom stereocenters. The Kier molecular flexibility index (Phi) is 7.74. The van der Waals surface area contributed by atoms with Crippen LogP contribution in [0.1, 0.15) is 12.5 Å². The van der Waals surface area contributed by atoms with Gasteiger partial charge in [-0.1, -0.05) is 24.3 Å². The summed E-state index contributed by atoms with van der Waals surface area (Å²) >= 11 is 0. The number of guanidine groups is 1. The molecule has 140 valence electrons. The molecule has 0 radical (unpaired) electrons. The van der Waals surface area contributed by atoms with Gasteiger partial charge in [-0.2, -0.15) is 0 Å². The van der Waals surface area contributed by atoms with E-state index in [2.05, 4.69) is 15.6 Å². The third kappa shape index (κ3) is 6.27. The Morgan fingerprint density at radius 2 is 1.77 bits per heavy atom. The van der Waals surface area contributed by atoms with Gasteiger partial charge in [0.05, 0.1) is 13.7 Å². The van der Waals surface area contributed by atoms with Gasteiger partial charge in [-0.15, -0.1) is 0 Å². The average molecular weight is 359 g/mol. The zero-order valence-electron chi connectivity index (χ0n) is 15.5. The summed E-state index contributed by atoms with van der Waals surface area (Å²) in [6.07, 6.45) is 0.718. The molecule has 26 heavy (non-hydrogen) atoms. The van der Waals surface area contributed by atoms with Crippen molar-refractivity contribution in [2.45, 2.75) is 19.4 Å². The van der Waals surface area contributed by atoms with Crippen LogP contribution in [-0.4, -0.2) is 39.3 Å². The van der Waals surface area contributed by atoms with Crippen molar-refractivity contribution < 1.29 is 13.9 Å². The summed E-state index contributed by atoms with van der Waals surface area (Å²) in [5.74, 6) is 1.90. The van der Waals surface area contributed by atoms with Gasteiger partial charge in [-0.3, -0.25) is 4.99 Å². The maximum absolute atomic E-state index is 12.9. The molecule has 0 bridgehead atoms. The predicted octanol–water partition coefficient (Wildman–Crippen LogP) is 3.01. The lowest BCUT2D eigenvalue weighted by molar-refractivity contribution is 0.213. The zero-order valence-corrected chi connectivity index (χ0v) is 15.5. The molecule has 0 fully saturated rings. The van der Waals surface area contributed by atoms with E-state index in [4.69, 9.17) is 9.47 Å². The van der Waals surface area contributed by atoms with Crippen LogP contribution in [0.15, 0.2) is 53.5 Å².